The Hall–Kier alpha value is -1.38. The summed E-state index contributed by atoms with van der Waals surface area (Å²) in [5.41, 5.74) is 0.638. The average Bonchev–Trinajstić information content (AvgIpc) is 2.31. The van der Waals surface area contributed by atoms with Gasteiger partial charge in [0.25, 0.3) is 0 Å². The summed E-state index contributed by atoms with van der Waals surface area (Å²) in [5.74, 6) is 0. The summed E-state index contributed by atoms with van der Waals surface area (Å²) < 4.78 is 0.942. The van der Waals surface area contributed by atoms with Gasteiger partial charge in [0, 0.05) is 21.8 Å². The molecule has 0 aliphatic carbocycles. The fraction of sp³-hybridized carbons (Fsp3) is 0. The molecule has 16 heavy (non-hydrogen) atoms. The van der Waals surface area contributed by atoms with Crippen LogP contribution in [0, 0.1) is 11.3 Å². The van der Waals surface area contributed by atoms with Gasteiger partial charge in [0.1, 0.15) is 11.1 Å². The Labute approximate surface area is 106 Å². The van der Waals surface area contributed by atoms with Crippen LogP contribution >= 0.6 is 27.7 Å². The number of halogens is 1. The lowest BCUT2D eigenvalue weighted by Gasteiger charge is -2.02. The Kier molecular flexibility index (Phi) is 3.54. The van der Waals surface area contributed by atoms with Gasteiger partial charge in [-0.1, -0.05) is 27.7 Å². The summed E-state index contributed by atoms with van der Waals surface area (Å²) in [7, 11) is 0. The van der Waals surface area contributed by atoms with Crippen LogP contribution in [0.15, 0.2) is 51.2 Å². The number of nitrogens with zero attached hydrogens (tertiary/aromatic N) is 3. The van der Waals surface area contributed by atoms with Crippen LogP contribution in [0.5, 0.6) is 0 Å². The molecule has 0 radical (unpaired) electrons. The third-order valence-corrected chi connectivity index (χ3v) is 3.29. The van der Waals surface area contributed by atoms with E-state index < -0.39 is 0 Å². The molecule has 78 valence electrons. The first-order valence-electron chi connectivity index (χ1n) is 4.43. The lowest BCUT2D eigenvalue weighted by Crippen LogP contribution is -1.84. The van der Waals surface area contributed by atoms with Crippen molar-refractivity contribution in [1.29, 1.82) is 5.26 Å². The zero-order valence-corrected chi connectivity index (χ0v) is 10.5. The van der Waals surface area contributed by atoms with Gasteiger partial charge in [0.05, 0.1) is 11.8 Å². The number of rotatable bonds is 2. The predicted molar refractivity (Wildman–Crippen MR) is 65.0 cm³/mol. The molecule has 0 aliphatic rings. The van der Waals surface area contributed by atoms with Gasteiger partial charge in [-0.15, -0.1) is 0 Å². The lowest BCUT2D eigenvalue weighted by atomic mass is 10.2. The molecule has 0 saturated heterocycles. The van der Waals surface area contributed by atoms with Gasteiger partial charge >= 0.3 is 0 Å². The Morgan fingerprint density at radius 1 is 1.31 bits per heavy atom. The topological polar surface area (TPSA) is 49.6 Å². The van der Waals surface area contributed by atoms with Crippen molar-refractivity contribution in [2.45, 2.75) is 9.92 Å². The molecule has 3 nitrogen and oxygen atoms in total. The molecule has 0 atom stereocenters. The Morgan fingerprint density at radius 3 is 2.88 bits per heavy atom. The molecular weight excluding hydrogens is 286 g/mol. The van der Waals surface area contributed by atoms with Gasteiger partial charge in [-0.3, -0.25) is 4.98 Å². The van der Waals surface area contributed by atoms with E-state index in [1.807, 2.05) is 12.1 Å². The van der Waals surface area contributed by atoms with E-state index in [2.05, 4.69) is 32.0 Å². The monoisotopic (exact) mass is 291 g/mol. The number of hydrogen-bond acceptors (Lipinski definition) is 4. The van der Waals surface area contributed by atoms with Crippen LogP contribution in [0.1, 0.15) is 5.56 Å². The first kappa shape index (κ1) is 11.1. The normalized spacial score (nSPS) is 9.75. The van der Waals surface area contributed by atoms with Crippen molar-refractivity contribution >= 4 is 27.7 Å². The van der Waals surface area contributed by atoms with Crippen LogP contribution in [0.3, 0.4) is 0 Å². The first-order valence-corrected chi connectivity index (χ1v) is 6.04. The second-order valence-electron chi connectivity index (χ2n) is 2.90. The van der Waals surface area contributed by atoms with Crippen LogP contribution < -0.4 is 0 Å². The van der Waals surface area contributed by atoms with Crippen molar-refractivity contribution < 1.29 is 0 Å². The van der Waals surface area contributed by atoms with Crippen molar-refractivity contribution in [3.8, 4) is 6.07 Å². The molecular formula is C11H6BrN3S. The van der Waals surface area contributed by atoms with E-state index in [0.29, 0.717) is 5.56 Å². The van der Waals surface area contributed by atoms with Crippen molar-refractivity contribution in [2.75, 3.05) is 0 Å². The third-order valence-electron chi connectivity index (χ3n) is 1.82. The molecule has 0 spiro atoms. The first-order chi connectivity index (χ1) is 7.79. The van der Waals surface area contributed by atoms with Crippen molar-refractivity contribution in [2.24, 2.45) is 0 Å². The zero-order valence-electron chi connectivity index (χ0n) is 8.09. The maximum Gasteiger partial charge on any atom is 0.119 e. The molecule has 1 heterocycles. The molecule has 0 amide bonds. The van der Waals surface area contributed by atoms with Crippen LogP contribution in [0.25, 0.3) is 0 Å². The predicted octanol–water partition coefficient (Wildman–Crippen LogP) is 3.26. The minimum atomic E-state index is 0.638. The van der Waals surface area contributed by atoms with Crippen molar-refractivity contribution in [3.63, 3.8) is 0 Å². The molecule has 0 aliphatic heterocycles. The van der Waals surface area contributed by atoms with Crippen molar-refractivity contribution in [1.82, 2.24) is 9.97 Å². The molecule has 1 aromatic heterocycles. The van der Waals surface area contributed by atoms with Gasteiger partial charge < -0.3 is 0 Å². The van der Waals surface area contributed by atoms with E-state index in [0.717, 1.165) is 14.4 Å². The van der Waals surface area contributed by atoms with Crippen LogP contribution in [0.2, 0.25) is 0 Å². The molecule has 2 aromatic rings. The fourth-order valence-electron chi connectivity index (χ4n) is 1.12. The fourth-order valence-corrected chi connectivity index (χ4v) is 2.50. The maximum absolute atomic E-state index is 8.97. The largest absolute Gasteiger partial charge is 0.260 e. The van der Waals surface area contributed by atoms with Gasteiger partial charge in [-0.05, 0) is 18.2 Å². The van der Waals surface area contributed by atoms with Gasteiger partial charge in [0.15, 0.2) is 0 Å². The minimum Gasteiger partial charge on any atom is -0.260 e. The molecule has 0 unspecified atom stereocenters. The Morgan fingerprint density at radius 2 is 2.19 bits per heavy atom. The number of benzene rings is 1. The smallest absolute Gasteiger partial charge is 0.119 e. The van der Waals surface area contributed by atoms with Crippen molar-refractivity contribution in [3.05, 3.63) is 46.8 Å². The van der Waals surface area contributed by atoms with Gasteiger partial charge in [-0.2, -0.15) is 5.26 Å². The lowest BCUT2D eigenvalue weighted by molar-refractivity contribution is 1.05. The van der Waals surface area contributed by atoms with Gasteiger partial charge in [0.2, 0.25) is 0 Å². The standard InChI is InChI=1S/C11H6BrN3S/c12-9-2-1-8(6-13)10(5-9)16-11-7-14-3-4-15-11/h1-5,7H. The Bertz CT molecular complexity index is 537. The maximum atomic E-state index is 8.97. The van der Waals surface area contributed by atoms with E-state index in [9.17, 15) is 0 Å². The molecule has 5 heteroatoms. The highest BCUT2D eigenvalue weighted by molar-refractivity contribution is 9.10. The molecule has 0 bridgehead atoms. The highest BCUT2D eigenvalue weighted by Gasteiger charge is 2.05. The molecule has 1 aromatic carbocycles. The minimum absolute atomic E-state index is 0.638. The van der Waals surface area contributed by atoms with Crippen LogP contribution in [0.4, 0.5) is 0 Å². The van der Waals surface area contributed by atoms with E-state index in [1.165, 1.54) is 11.8 Å². The quantitative estimate of drug-likeness (QED) is 0.852. The average molecular weight is 292 g/mol. The van der Waals surface area contributed by atoms with E-state index in [4.69, 9.17) is 5.26 Å². The second kappa shape index (κ2) is 5.10. The number of hydrogen-bond donors (Lipinski definition) is 0. The molecule has 2 rings (SSSR count). The molecule has 0 saturated carbocycles. The van der Waals surface area contributed by atoms with Crippen LogP contribution in [-0.2, 0) is 0 Å². The number of nitriles is 1. The van der Waals surface area contributed by atoms with E-state index in [1.54, 1.807) is 24.7 Å². The number of aromatic nitrogens is 2. The summed E-state index contributed by atoms with van der Waals surface area (Å²) in [6.07, 6.45) is 4.93. The summed E-state index contributed by atoms with van der Waals surface area (Å²) in [5, 5.41) is 9.75. The third kappa shape index (κ3) is 2.60. The summed E-state index contributed by atoms with van der Waals surface area (Å²) in [4.78, 5) is 9.01. The zero-order chi connectivity index (χ0) is 11.4. The molecule has 0 N–H and O–H groups in total. The van der Waals surface area contributed by atoms with Gasteiger partial charge in [-0.25, -0.2) is 4.98 Å². The van der Waals surface area contributed by atoms with E-state index in [-0.39, 0.29) is 0 Å². The summed E-state index contributed by atoms with van der Waals surface area (Å²) >= 11 is 4.81. The second-order valence-corrected chi connectivity index (χ2v) is 4.88. The SMILES string of the molecule is N#Cc1ccc(Br)cc1Sc1cnccn1. The highest BCUT2D eigenvalue weighted by atomic mass is 79.9. The summed E-state index contributed by atoms with van der Waals surface area (Å²) in [6, 6.07) is 7.68. The molecule has 0 fully saturated rings. The Balaban J connectivity index is 2.35. The summed E-state index contributed by atoms with van der Waals surface area (Å²) in [6.45, 7) is 0. The van der Waals surface area contributed by atoms with E-state index >= 15 is 0 Å². The van der Waals surface area contributed by atoms with Crippen LogP contribution in [-0.4, -0.2) is 9.97 Å². The highest BCUT2D eigenvalue weighted by Crippen LogP contribution is 2.30.